The van der Waals surface area contributed by atoms with Crippen LogP contribution in [0.15, 0.2) is 45.6 Å². The van der Waals surface area contributed by atoms with E-state index >= 15 is 0 Å². The van der Waals surface area contributed by atoms with Gasteiger partial charge in [0.2, 0.25) is 12.6 Å². The topological polar surface area (TPSA) is 218 Å². The second-order valence-electron chi connectivity index (χ2n) is 9.82. The number of hydrogen-bond donors (Lipinski definition) is 7. The summed E-state index contributed by atoms with van der Waals surface area (Å²) < 4.78 is 33.3. The van der Waals surface area contributed by atoms with E-state index in [0.717, 1.165) is 0 Å². The average Bonchev–Trinajstić information content (AvgIpc) is 2.95. The summed E-state index contributed by atoms with van der Waals surface area (Å²) in [6.45, 7) is 1.19. The molecule has 0 bridgehead atoms. The molecule has 0 aliphatic carbocycles. The molecule has 1 aromatic heterocycles. The van der Waals surface area contributed by atoms with E-state index in [1.807, 2.05) is 0 Å². The smallest absolute Gasteiger partial charge is 0.229 e. The Bertz CT molecular complexity index is 1460. The standard InChI is InChI=1S/C27H30O14/c1-10-21(31)23(33)25(35)27(38-10)41-20-8-17-12(6-19(20)36-2)14(29)7-16(39-17)11-3-4-13(28)18(5-11)40-26-24(34)22(32)15(30)9-37-26/h3-8,10,15,21-28,30-35H,9H2,1-2H3/t10-,15+,21-,22-,23+,24+,25+,26-,27-/m0/s1. The van der Waals surface area contributed by atoms with E-state index in [-0.39, 0.29) is 51.9 Å². The van der Waals surface area contributed by atoms with Crippen LogP contribution in [0.25, 0.3) is 22.3 Å². The van der Waals surface area contributed by atoms with E-state index in [1.54, 1.807) is 0 Å². The minimum absolute atomic E-state index is 0.0130. The van der Waals surface area contributed by atoms with E-state index in [0.29, 0.717) is 0 Å². The number of phenolic OH excluding ortho intramolecular Hbond substituents is 1. The second-order valence-corrected chi connectivity index (χ2v) is 9.82. The molecule has 0 saturated carbocycles. The Hall–Kier alpha value is -3.47. The molecule has 2 saturated heterocycles. The van der Waals surface area contributed by atoms with Crippen molar-refractivity contribution in [2.75, 3.05) is 13.7 Å². The van der Waals surface area contributed by atoms with Gasteiger partial charge in [0, 0.05) is 17.7 Å². The van der Waals surface area contributed by atoms with Crippen LogP contribution in [0.4, 0.5) is 0 Å². The minimum Gasteiger partial charge on any atom is -0.504 e. The molecule has 14 heteroatoms. The Kier molecular flexibility index (Phi) is 8.09. The zero-order valence-corrected chi connectivity index (χ0v) is 21.9. The zero-order chi connectivity index (χ0) is 29.6. The van der Waals surface area contributed by atoms with Gasteiger partial charge in [-0.15, -0.1) is 0 Å². The van der Waals surface area contributed by atoms with Crippen LogP contribution in [0.5, 0.6) is 23.0 Å². The predicted octanol–water partition coefficient (Wildman–Crippen LogP) is -0.802. The highest BCUT2D eigenvalue weighted by Crippen LogP contribution is 2.37. The lowest BCUT2D eigenvalue weighted by atomic mass is 10.00. The number of phenols is 1. The molecule has 3 heterocycles. The van der Waals surface area contributed by atoms with Crippen molar-refractivity contribution in [3.05, 3.63) is 46.6 Å². The first kappa shape index (κ1) is 29.0. The van der Waals surface area contributed by atoms with Crippen molar-refractivity contribution in [2.45, 2.75) is 62.2 Å². The van der Waals surface area contributed by atoms with Gasteiger partial charge in [-0.3, -0.25) is 4.79 Å². The lowest BCUT2D eigenvalue weighted by molar-refractivity contribution is -0.268. The third-order valence-corrected chi connectivity index (χ3v) is 7.01. The van der Waals surface area contributed by atoms with Gasteiger partial charge in [0.25, 0.3) is 0 Å². The Morgan fingerprint density at radius 1 is 0.805 bits per heavy atom. The highest BCUT2D eigenvalue weighted by molar-refractivity contribution is 5.82. The van der Waals surface area contributed by atoms with Crippen LogP contribution < -0.4 is 19.6 Å². The number of benzene rings is 2. The molecule has 41 heavy (non-hydrogen) atoms. The largest absolute Gasteiger partial charge is 0.504 e. The number of rotatable bonds is 6. The summed E-state index contributed by atoms with van der Waals surface area (Å²) in [5.74, 6) is -0.305. The van der Waals surface area contributed by atoms with Gasteiger partial charge in [-0.2, -0.15) is 0 Å². The minimum atomic E-state index is -1.60. The second kappa shape index (κ2) is 11.4. The first-order valence-corrected chi connectivity index (χ1v) is 12.7. The molecule has 14 nitrogen and oxygen atoms in total. The van der Waals surface area contributed by atoms with Crippen molar-refractivity contribution < 1.29 is 63.8 Å². The van der Waals surface area contributed by atoms with Crippen molar-refractivity contribution in [1.82, 2.24) is 0 Å². The van der Waals surface area contributed by atoms with Gasteiger partial charge in [-0.05, 0) is 31.2 Å². The van der Waals surface area contributed by atoms with Gasteiger partial charge >= 0.3 is 0 Å². The van der Waals surface area contributed by atoms with Gasteiger partial charge in [0.1, 0.15) is 48.0 Å². The summed E-state index contributed by atoms with van der Waals surface area (Å²) >= 11 is 0. The molecule has 222 valence electrons. The zero-order valence-electron chi connectivity index (χ0n) is 21.9. The van der Waals surface area contributed by atoms with Crippen LogP contribution in [0, 0.1) is 0 Å². The van der Waals surface area contributed by atoms with Crippen molar-refractivity contribution in [3.8, 4) is 34.3 Å². The molecule has 2 aromatic carbocycles. The van der Waals surface area contributed by atoms with Crippen LogP contribution in [-0.2, 0) is 9.47 Å². The molecule has 2 aliphatic heterocycles. The Labute approximate surface area is 232 Å². The Morgan fingerprint density at radius 2 is 1.51 bits per heavy atom. The third-order valence-electron chi connectivity index (χ3n) is 7.01. The number of methoxy groups -OCH3 is 1. The molecule has 2 fully saturated rings. The fourth-order valence-electron chi connectivity index (χ4n) is 4.56. The van der Waals surface area contributed by atoms with Crippen LogP contribution in [-0.4, -0.2) is 105 Å². The summed E-state index contributed by atoms with van der Waals surface area (Å²) in [4.78, 5) is 13.0. The number of aromatic hydroxyl groups is 1. The monoisotopic (exact) mass is 578 g/mol. The van der Waals surface area contributed by atoms with Crippen molar-refractivity contribution in [1.29, 1.82) is 0 Å². The van der Waals surface area contributed by atoms with Gasteiger partial charge in [0.05, 0.1) is 25.2 Å². The number of aliphatic hydroxyl groups is 6. The fraction of sp³-hybridized carbons (Fsp3) is 0.444. The summed E-state index contributed by atoms with van der Waals surface area (Å²) in [6, 6.07) is 7.96. The average molecular weight is 579 g/mol. The van der Waals surface area contributed by atoms with Crippen molar-refractivity contribution >= 4 is 11.0 Å². The highest BCUT2D eigenvalue weighted by atomic mass is 16.7. The van der Waals surface area contributed by atoms with Crippen LogP contribution in [0.3, 0.4) is 0 Å². The maximum absolute atomic E-state index is 13.0. The van der Waals surface area contributed by atoms with E-state index in [4.69, 9.17) is 28.1 Å². The molecule has 0 amide bonds. The van der Waals surface area contributed by atoms with Crippen LogP contribution in [0.2, 0.25) is 0 Å². The summed E-state index contributed by atoms with van der Waals surface area (Å²) in [5, 5.41) is 70.6. The molecule has 0 unspecified atom stereocenters. The molecule has 3 aromatic rings. The number of fused-ring (bicyclic) bond motifs is 1. The maximum Gasteiger partial charge on any atom is 0.229 e. The van der Waals surface area contributed by atoms with Gasteiger partial charge in [-0.1, -0.05) is 0 Å². The van der Waals surface area contributed by atoms with Crippen molar-refractivity contribution in [3.63, 3.8) is 0 Å². The predicted molar refractivity (Wildman–Crippen MR) is 138 cm³/mol. The molecule has 9 atom stereocenters. The quantitative estimate of drug-likeness (QED) is 0.191. The molecule has 5 rings (SSSR count). The lowest BCUT2D eigenvalue weighted by Gasteiger charge is -2.39. The molecule has 0 radical (unpaired) electrons. The SMILES string of the molecule is COc1cc2c(=O)cc(-c3ccc(O)c(O[C@@H]4OC[C@@H](O)[C@H](O)[C@H]4O)c3)oc2cc1O[C@@H]1O[C@@H](C)[C@H](O)[C@@H](O)[C@H]1O. The summed E-state index contributed by atoms with van der Waals surface area (Å²) in [7, 11) is 1.34. The highest BCUT2D eigenvalue weighted by Gasteiger charge is 2.43. The molecule has 7 N–H and O–H groups in total. The molecule has 0 spiro atoms. The Morgan fingerprint density at radius 3 is 2.24 bits per heavy atom. The lowest BCUT2D eigenvalue weighted by Crippen LogP contribution is -2.58. The number of ether oxygens (including phenoxy) is 5. The van der Waals surface area contributed by atoms with Crippen molar-refractivity contribution in [2.24, 2.45) is 0 Å². The molecule has 2 aliphatic rings. The summed E-state index contributed by atoms with van der Waals surface area (Å²) in [6.07, 6.45) is -12.5. The molecular weight excluding hydrogens is 548 g/mol. The summed E-state index contributed by atoms with van der Waals surface area (Å²) in [5.41, 5.74) is -0.107. The van der Waals surface area contributed by atoms with E-state index in [2.05, 4.69) is 0 Å². The third kappa shape index (κ3) is 5.56. The number of hydrogen-bond acceptors (Lipinski definition) is 14. The van der Waals surface area contributed by atoms with E-state index in [9.17, 15) is 40.5 Å². The Balaban J connectivity index is 1.47. The van der Waals surface area contributed by atoms with Crippen LogP contribution >= 0.6 is 0 Å². The number of aliphatic hydroxyl groups excluding tert-OH is 6. The first-order valence-electron chi connectivity index (χ1n) is 12.7. The van der Waals surface area contributed by atoms with Gasteiger partial charge in [-0.25, -0.2) is 0 Å². The van der Waals surface area contributed by atoms with Gasteiger partial charge in [0.15, 0.2) is 28.4 Å². The maximum atomic E-state index is 13.0. The van der Waals surface area contributed by atoms with Gasteiger partial charge < -0.3 is 63.8 Å². The molecular formula is C27H30O14. The first-order chi connectivity index (χ1) is 19.5. The van der Waals surface area contributed by atoms with E-state index < -0.39 is 60.7 Å². The fourth-order valence-corrected chi connectivity index (χ4v) is 4.56. The van der Waals surface area contributed by atoms with E-state index in [1.165, 1.54) is 50.4 Å². The normalized spacial score (nSPS) is 32.0. The van der Waals surface area contributed by atoms with Crippen LogP contribution in [0.1, 0.15) is 6.92 Å².